The van der Waals surface area contributed by atoms with Gasteiger partial charge in [-0.05, 0) is 6.07 Å². The molecule has 9 heavy (non-hydrogen) atoms. The Kier molecular flexibility index (Phi) is 3.23. The molecule has 0 aliphatic rings. The Hall–Kier alpha value is -1.22. The molecule has 3 nitrogen and oxygen atoms in total. The number of hydrogen-bond acceptors (Lipinski definition) is 3. The molecule has 0 unspecified atom stereocenters. The van der Waals surface area contributed by atoms with Gasteiger partial charge in [0.2, 0.25) is 0 Å². The molecular formula is C6H8N2O. The van der Waals surface area contributed by atoms with E-state index in [0.29, 0.717) is 0 Å². The molecule has 1 aromatic rings. The third kappa shape index (κ3) is 2.56. The highest BCUT2D eigenvalue weighted by Crippen LogP contribution is 1.69. The zero-order chi connectivity index (χ0) is 5.82. The van der Waals surface area contributed by atoms with Gasteiger partial charge in [-0.1, -0.05) is 12.1 Å². The Morgan fingerprint density at radius 1 is 1.22 bits per heavy atom. The van der Waals surface area contributed by atoms with Crippen LogP contribution in [0.4, 0.5) is 0 Å². The fourth-order valence-corrected chi connectivity index (χ4v) is 0.411. The van der Waals surface area contributed by atoms with Crippen LogP contribution >= 0.6 is 0 Å². The van der Waals surface area contributed by atoms with Crippen molar-refractivity contribution in [3.05, 3.63) is 40.8 Å². The van der Waals surface area contributed by atoms with Crippen molar-refractivity contribution in [2.75, 3.05) is 0 Å². The summed E-state index contributed by atoms with van der Waals surface area (Å²) in [6.07, 6.45) is 1.47. The van der Waals surface area contributed by atoms with Gasteiger partial charge in [-0.15, -0.1) is 0 Å². The second kappa shape index (κ2) is 3.74. The minimum atomic E-state index is -0.199. The smallest absolute Gasteiger partial charge is 0.269 e. The molecule has 1 heterocycles. The van der Waals surface area contributed by atoms with Gasteiger partial charge in [0, 0.05) is 12.3 Å². The maximum Gasteiger partial charge on any atom is 0.269 e. The van der Waals surface area contributed by atoms with Crippen LogP contribution in [0.3, 0.4) is 0 Å². The number of nitrogens with zero attached hydrogens (tertiary/aromatic N) is 1. The van der Waals surface area contributed by atoms with Crippen molar-refractivity contribution in [3.63, 3.8) is 0 Å². The van der Waals surface area contributed by atoms with Crippen molar-refractivity contribution in [2.45, 2.75) is 0 Å². The molecule has 0 atom stereocenters. The number of aromatic nitrogens is 1. The molecule has 0 spiro atoms. The van der Waals surface area contributed by atoms with Gasteiger partial charge in [0.05, 0.1) is 0 Å². The van der Waals surface area contributed by atoms with Crippen molar-refractivity contribution >= 4 is 0 Å². The van der Waals surface area contributed by atoms with E-state index in [-0.39, 0.29) is 11.7 Å². The van der Waals surface area contributed by atoms with Crippen LogP contribution in [0.5, 0.6) is 0 Å². The second-order valence-electron chi connectivity index (χ2n) is 1.36. The summed E-state index contributed by atoms with van der Waals surface area (Å²) < 4.78 is 0. The molecule has 3 heteroatoms. The minimum Gasteiger partial charge on any atom is -0.344 e. The summed E-state index contributed by atoms with van der Waals surface area (Å²) in [4.78, 5) is 13.8. The van der Waals surface area contributed by atoms with Crippen LogP contribution in [0.2, 0.25) is 0 Å². The first-order valence-corrected chi connectivity index (χ1v) is 2.31. The summed E-state index contributed by atoms with van der Waals surface area (Å²) in [5.74, 6) is 0. The highest BCUT2D eigenvalue weighted by Gasteiger charge is 1.70. The largest absolute Gasteiger partial charge is 0.344 e. The molecule has 0 amide bonds. The summed E-state index contributed by atoms with van der Waals surface area (Å²) in [7, 11) is 0. The maximum absolute atomic E-state index is 10.4. The van der Waals surface area contributed by atoms with Crippen LogP contribution < -0.4 is 11.7 Å². The average Bonchev–Trinajstić information content (AvgIpc) is 1.94. The van der Waals surface area contributed by atoms with Crippen LogP contribution in [-0.4, -0.2) is 4.98 Å². The zero-order valence-electron chi connectivity index (χ0n) is 4.95. The van der Waals surface area contributed by atoms with Crippen molar-refractivity contribution in [1.82, 2.24) is 11.1 Å². The van der Waals surface area contributed by atoms with Gasteiger partial charge in [0.15, 0.2) is 0 Å². The van der Waals surface area contributed by atoms with E-state index in [2.05, 4.69) is 4.98 Å². The van der Waals surface area contributed by atoms with E-state index >= 15 is 0 Å². The number of hydrogen-bond donors (Lipinski definition) is 1. The average molecular weight is 124 g/mol. The van der Waals surface area contributed by atoms with E-state index in [1.165, 1.54) is 12.3 Å². The summed E-state index contributed by atoms with van der Waals surface area (Å²) >= 11 is 0. The summed E-state index contributed by atoms with van der Waals surface area (Å²) in [5.41, 5.74) is -0.199. The van der Waals surface area contributed by atoms with Crippen LogP contribution in [0, 0.1) is 0 Å². The molecule has 0 saturated heterocycles. The Morgan fingerprint density at radius 2 is 2.00 bits per heavy atom. The first kappa shape index (κ1) is 7.78. The van der Waals surface area contributed by atoms with Gasteiger partial charge in [0.25, 0.3) is 5.56 Å². The van der Waals surface area contributed by atoms with Gasteiger partial charge in [-0.2, -0.15) is 0 Å². The monoisotopic (exact) mass is 124 g/mol. The van der Waals surface area contributed by atoms with E-state index in [9.17, 15) is 4.79 Å². The third-order valence-corrected chi connectivity index (χ3v) is 0.749. The second-order valence-corrected chi connectivity index (χ2v) is 1.36. The van der Waals surface area contributed by atoms with Gasteiger partial charge < -0.3 is 6.15 Å². The van der Waals surface area contributed by atoms with Crippen LogP contribution in [0.25, 0.3) is 0 Å². The molecule has 0 fully saturated rings. The van der Waals surface area contributed by atoms with Crippen molar-refractivity contribution in [1.29, 1.82) is 0 Å². The SMILES string of the molecule is N.O=c1cccccn1. The van der Waals surface area contributed by atoms with Crippen molar-refractivity contribution in [3.8, 4) is 0 Å². The third-order valence-electron chi connectivity index (χ3n) is 0.749. The van der Waals surface area contributed by atoms with Crippen LogP contribution in [0.15, 0.2) is 35.3 Å². The highest BCUT2D eigenvalue weighted by atomic mass is 16.1. The Labute approximate surface area is 53.0 Å². The molecular weight excluding hydrogens is 116 g/mol. The quantitative estimate of drug-likeness (QED) is 0.550. The molecule has 0 saturated carbocycles. The Balaban J connectivity index is 0.000000640. The lowest BCUT2D eigenvalue weighted by Gasteiger charge is -1.57. The molecule has 1 rings (SSSR count). The van der Waals surface area contributed by atoms with Gasteiger partial charge in [-0.25, -0.2) is 4.98 Å². The highest BCUT2D eigenvalue weighted by molar-refractivity contribution is 4.91. The summed E-state index contributed by atoms with van der Waals surface area (Å²) in [6.45, 7) is 0. The normalized spacial score (nSPS) is 7.56. The first-order valence-electron chi connectivity index (χ1n) is 2.31. The van der Waals surface area contributed by atoms with E-state index in [1.54, 1.807) is 18.2 Å². The van der Waals surface area contributed by atoms with Gasteiger partial charge >= 0.3 is 0 Å². The van der Waals surface area contributed by atoms with Crippen LogP contribution in [0.1, 0.15) is 0 Å². The lowest BCUT2D eigenvalue weighted by atomic mass is 10.5. The van der Waals surface area contributed by atoms with E-state index in [1.807, 2.05) is 0 Å². The fourth-order valence-electron chi connectivity index (χ4n) is 0.411. The van der Waals surface area contributed by atoms with Gasteiger partial charge in [0.1, 0.15) is 0 Å². The standard InChI is InChI=1S/C6H5NO.H3N/c8-6-4-2-1-3-5-7-6;/h1-5H;1H3. The first-order chi connectivity index (χ1) is 3.89. The molecule has 48 valence electrons. The van der Waals surface area contributed by atoms with E-state index in [0.717, 1.165) is 0 Å². The maximum atomic E-state index is 10.4. The lowest BCUT2D eigenvalue weighted by Crippen LogP contribution is -1.95. The molecule has 0 aromatic carbocycles. The van der Waals surface area contributed by atoms with Crippen molar-refractivity contribution in [2.24, 2.45) is 0 Å². The Bertz CT molecular complexity index is 202. The molecule has 0 radical (unpaired) electrons. The molecule has 0 aliphatic heterocycles. The zero-order valence-corrected chi connectivity index (χ0v) is 4.95. The van der Waals surface area contributed by atoms with Crippen molar-refractivity contribution < 1.29 is 0 Å². The van der Waals surface area contributed by atoms with Gasteiger partial charge in [-0.3, -0.25) is 4.79 Å². The Morgan fingerprint density at radius 3 is 2.78 bits per heavy atom. The predicted octanol–water partition coefficient (Wildman–Crippen LogP) is 0.604. The predicted molar refractivity (Wildman–Crippen MR) is 35.5 cm³/mol. The van der Waals surface area contributed by atoms with E-state index in [4.69, 9.17) is 0 Å². The van der Waals surface area contributed by atoms with Crippen LogP contribution in [-0.2, 0) is 0 Å². The summed E-state index contributed by atoms with van der Waals surface area (Å²) in [6, 6.07) is 6.55. The number of rotatable bonds is 0. The molecule has 1 aromatic heterocycles. The topological polar surface area (TPSA) is 65.0 Å². The summed E-state index contributed by atoms with van der Waals surface area (Å²) in [5, 5.41) is 0. The molecule has 0 bridgehead atoms. The molecule has 0 aliphatic carbocycles. The van der Waals surface area contributed by atoms with E-state index < -0.39 is 0 Å². The lowest BCUT2D eigenvalue weighted by molar-refractivity contribution is 1.27. The molecule has 3 N–H and O–H groups in total. The minimum absolute atomic E-state index is 0. The fraction of sp³-hybridized carbons (Fsp3) is 0.